The zero-order chi connectivity index (χ0) is 11.4. The van der Waals surface area contributed by atoms with E-state index in [0.717, 1.165) is 31.9 Å². The number of hydrogen-bond donors (Lipinski definition) is 1. The molecule has 0 saturated carbocycles. The zero-order valence-electron chi connectivity index (χ0n) is 9.26. The van der Waals surface area contributed by atoms with Gasteiger partial charge in [0.05, 0.1) is 11.6 Å². The maximum atomic E-state index is 8.84. The molecule has 84 valence electrons. The van der Waals surface area contributed by atoms with Crippen LogP contribution in [0.25, 0.3) is 0 Å². The Morgan fingerprint density at radius 3 is 3.25 bits per heavy atom. The summed E-state index contributed by atoms with van der Waals surface area (Å²) in [6.45, 7) is 2.70. The molecule has 2 heterocycles. The van der Waals surface area contributed by atoms with Crippen LogP contribution >= 0.6 is 0 Å². The lowest BCUT2D eigenvalue weighted by Gasteiger charge is -2.33. The third-order valence-electron chi connectivity index (χ3n) is 3.05. The third kappa shape index (κ3) is 2.31. The van der Waals surface area contributed by atoms with Crippen LogP contribution in [-0.4, -0.2) is 24.6 Å². The second-order valence-electron chi connectivity index (χ2n) is 4.20. The molecule has 4 nitrogen and oxygen atoms in total. The van der Waals surface area contributed by atoms with Crippen LogP contribution in [0.4, 0.5) is 5.82 Å². The molecular weight excluding hydrogens is 200 g/mol. The van der Waals surface area contributed by atoms with Crippen molar-refractivity contribution in [3.63, 3.8) is 0 Å². The van der Waals surface area contributed by atoms with Gasteiger partial charge in [-0.15, -0.1) is 0 Å². The van der Waals surface area contributed by atoms with E-state index in [4.69, 9.17) is 11.0 Å². The molecule has 1 atom stereocenters. The Kier molecular flexibility index (Phi) is 3.37. The van der Waals surface area contributed by atoms with E-state index in [1.807, 2.05) is 6.07 Å². The van der Waals surface area contributed by atoms with Gasteiger partial charge in [0.2, 0.25) is 0 Å². The molecule has 1 fully saturated rings. The quantitative estimate of drug-likeness (QED) is 0.804. The van der Waals surface area contributed by atoms with Crippen molar-refractivity contribution in [2.24, 2.45) is 11.7 Å². The summed E-state index contributed by atoms with van der Waals surface area (Å²) in [5.41, 5.74) is 6.37. The fourth-order valence-corrected chi connectivity index (χ4v) is 2.13. The molecule has 4 heteroatoms. The Hall–Kier alpha value is -1.60. The molecular formula is C12H16N4. The number of hydrogen-bond acceptors (Lipinski definition) is 4. The number of pyridine rings is 1. The first-order valence-corrected chi connectivity index (χ1v) is 5.64. The molecule has 1 aliphatic rings. The Morgan fingerprint density at radius 1 is 1.62 bits per heavy atom. The molecule has 1 aliphatic heterocycles. The standard InChI is InChI=1S/C12H16N4/c13-7-10-3-4-15-12(6-10)16-5-1-2-11(8-14)9-16/h3-4,6,11H,1-2,5,8-9,14H2. The summed E-state index contributed by atoms with van der Waals surface area (Å²) in [4.78, 5) is 6.54. The van der Waals surface area contributed by atoms with Crippen molar-refractivity contribution in [3.8, 4) is 6.07 Å². The average Bonchev–Trinajstić information content (AvgIpc) is 2.39. The van der Waals surface area contributed by atoms with Crippen LogP contribution in [0.15, 0.2) is 18.3 Å². The zero-order valence-corrected chi connectivity index (χ0v) is 9.26. The summed E-state index contributed by atoms with van der Waals surface area (Å²) in [6, 6.07) is 5.72. The van der Waals surface area contributed by atoms with Crippen molar-refractivity contribution < 1.29 is 0 Å². The van der Waals surface area contributed by atoms with Crippen molar-refractivity contribution >= 4 is 5.82 Å². The number of anilines is 1. The lowest BCUT2D eigenvalue weighted by Crippen LogP contribution is -2.38. The molecule has 0 bridgehead atoms. The first kappa shape index (κ1) is 10.9. The number of aromatic nitrogens is 1. The van der Waals surface area contributed by atoms with Gasteiger partial charge < -0.3 is 10.6 Å². The average molecular weight is 216 g/mol. The van der Waals surface area contributed by atoms with Crippen LogP contribution in [0.3, 0.4) is 0 Å². The highest BCUT2D eigenvalue weighted by atomic mass is 15.2. The van der Waals surface area contributed by atoms with Gasteiger partial charge in [-0.05, 0) is 37.4 Å². The van der Waals surface area contributed by atoms with Crippen LogP contribution in [0.5, 0.6) is 0 Å². The molecule has 0 amide bonds. The summed E-state index contributed by atoms with van der Waals surface area (Å²) in [5, 5.41) is 8.84. The Balaban J connectivity index is 2.14. The number of rotatable bonds is 2. The highest BCUT2D eigenvalue weighted by Crippen LogP contribution is 2.21. The van der Waals surface area contributed by atoms with Gasteiger partial charge in [-0.2, -0.15) is 5.26 Å². The summed E-state index contributed by atoms with van der Waals surface area (Å²) < 4.78 is 0. The largest absolute Gasteiger partial charge is 0.356 e. The van der Waals surface area contributed by atoms with Gasteiger partial charge >= 0.3 is 0 Å². The Bertz CT molecular complexity index is 396. The van der Waals surface area contributed by atoms with Gasteiger partial charge in [-0.25, -0.2) is 4.98 Å². The highest BCUT2D eigenvalue weighted by Gasteiger charge is 2.19. The summed E-state index contributed by atoms with van der Waals surface area (Å²) in [5.74, 6) is 1.46. The van der Waals surface area contributed by atoms with Gasteiger partial charge in [0.15, 0.2) is 0 Å². The lowest BCUT2D eigenvalue weighted by molar-refractivity contribution is 0.421. The van der Waals surface area contributed by atoms with Gasteiger partial charge in [0.25, 0.3) is 0 Å². The van der Waals surface area contributed by atoms with Gasteiger partial charge in [-0.3, -0.25) is 0 Å². The van der Waals surface area contributed by atoms with Crippen molar-refractivity contribution in [2.45, 2.75) is 12.8 Å². The number of nitrogens with zero attached hydrogens (tertiary/aromatic N) is 3. The number of piperidine rings is 1. The minimum absolute atomic E-state index is 0.557. The van der Waals surface area contributed by atoms with Gasteiger partial charge in [-0.1, -0.05) is 0 Å². The second kappa shape index (κ2) is 4.95. The van der Waals surface area contributed by atoms with E-state index in [0.29, 0.717) is 11.5 Å². The van der Waals surface area contributed by atoms with Crippen LogP contribution in [0.1, 0.15) is 18.4 Å². The smallest absolute Gasteiger partial charge is 0.129 e. The molecule has 0 aromatic carbocycles. The van der Waals surface area contributed by atoms with Crippen molar-refractivity contribution in [2.75, 3.05) is 24.5 Å². The van der Waals surface area contributed by atoms with E-state index < -0.39 is 0 Å². The molecule has 2 N–H and O–H groups in total. The molecule has 1 aromatic rings. The van der Waals surface area contributed by atoms with Crippen LogP contribution in [0.2, 0.25) is 0 Å². The SMILES string of the molecule is N#Cc1ccnc(N2CCCC(CN)C2)c1. The van der Waals surface area contributed by atoms with Crippen LogP contribution < -0.4 is 10.6 Å². The van der Waals surface area contributed by atoms with E-state index in [1.54, 1.807) is 12.3 Å². The Labute approximate surface area is 95.7 Å². The minimum atomic E-state index is 0.557. The van der Waals surface area contributed by atoms with Gasteiger partial charge in [0, 0.05) is 19.3 Å². The lowest BCUT2D eigenvalue weighted by atomic mass is 9.98. The predicted molar refractivity (Wildman–Crippen MR) is 62.9 cm³/mol. The van der Waals surface area contributed by atoms with Crippen LogP contribution in [0, 0.1) is 17.2 Å². The van der Waals surface area contributed by atoms with Crippen molar-refractivity contribution in [1.29, 1.82) is 5.26 Å². The Morgan fingerprint density at radius 2 is 2.50 bits per heavy atom. The van der Waals surface area contributed by atoms with Crippen molar-refractivity contribution in [3.05, 3.63) is 23.9 Å². The topological polar surface area (TPSA) is 65.9 Å². The van der Waals surface area contributed by atoms with E-state index in [-0.39, 0.29) is 0 Å². The first-order chi connectivity index (χ1) is 7.83. The monoisotopic (exact) mass is 216 g/mol. The van der Waals surface area contributed by atoms with E-state index in [1.165, 1.54) is 6.42 Å². The van der Waals surface area contributed by atoms with Crippen LogP contribution in [-0.2, 0) is 0 Å². The van der Waals surface area contributed by atoms with Crippen molar-refractivity contribution in [1.82, 2.24) is 4.98 Å². The fraction of sp³-hybridized carbons (Fsp3) is 0.500. The summed E-state index contributed by atoms with van der Waals surface area (Å²) in [7, 11) is 0. The normalized spacial score (nSPS) is 20.5. The summed E-state index contributed by atoms with van der Waals surface area (Å²) in [6.07, 6.45) is 4.05. The third-order valence-corrected chi connectivity index (χ3v) is 3.05. The number of nitrogens with two attached hydrogens (primary N) is 1. The molecule has 0 spiro atoms. The molecule has 1 unspecified atom stereocenters. The molecule has 2 rings (SSSR count). The molecule has 0 aliphatic carbocycles. The maximum Gasteiger partial charge on any atom is 0.129 e. The minimum Gasteiger partial charge on any atom is -0.356 e. The highest BCUT2D eigenvalue weighted by molar-refractivity contribution is 5.45. The molecule has 1 saturated heterocycles. The van der Waals surface area contributed by atoms with Gasteiger partial charge in [0.1, 0.15) is 5.82 Å². The first-order valence-electron chi connectivity index (χ1n) is 5.64. The molecule has 16 heavy (non-hydrogen) atoms. The molecule has 1 aromatic heterocycles. The predicted octanol–water partition coefficient (Wildman–Crippen LogP) is 1.13. The number of nitriles is 1. The van der Waals surface area contributed by atoms with E-state index in [2.05, 4.69) is 16.0 Å². The van der Waals surface area contributed by atoms with E-state index >= 15 is 0 Å². The summed E-state index contributed by atoms with van der Waals surface area (Å²) >= 11 is 0. The second-order valence-corrected chi connectivity index (χ2v) is 4.20. The maximum absolute atomic E-state index is 8.84. The fourth-order valence-electron chi connectivity index (χ4n) is 2.13. The van der Waals surface area contributed by atoms with E-state index in [9.17, 15) is 0 Å². The molecule has 0 radical (unpaired) electrons.